The summed E-state index contributed by atoms with van der Waals surface area (Å²) in [4.78, 5) is 11.0. The van der Waals surface area contributed by atoms with Gasteiger partial charge in [-0.05, 0) is 35.4 Å². The number of esters is 1. The molecule has 5 heteroatoms. The molecule has 0 heterocycles. The van der Waals surface area contributed by atoms with Crippen LogP contribution in [0.3, 0.4) is 0 Å². The molecule has 0 unspecified atom stereocenters. The molecule has 0 aliphatic carbocycles. The van der Waals surface area contributed by atoms with Crippen LogP contribution in [0.2, 0.25) is 0 Å². The Labute approximate surface area is 116 Å². The number of phenolic OH excluding ortho intramolecular Hbond substituents is 2. The number of hydrogen-bond acceptors (Lipinski definition) is 5. The van der Waals surface area contributed by atoms with E-state index in [2.05, 4.69) is 0 Å². The minimum absolute atomic E-state index is 0.197. The average Bonchev–Trinajstić information content (AvgIpc) is 2.40. The molecule has 104 valence electrons. The van der Waals surface area contributed by atoms with Gasteiger partial charge in [-0.15, -0.1) is 0 Å². The van der Waals surface area contributed by atoms with Crippen LogP contribution in [-0.4, -0.2) is 23.3 Å². The van der Waals surface area contributed by atoms with E-state index < -0.39 is 5.97 Å². The average molecular weight is 274 g/mol. The first kappa shape index (κ1) is 13.7. The first-order valence-electron chi connectivity index (χ1n) is 5.89. The summed E-state index contributed by atoms with van der Waals surface area (Å²) in [5, 5.41) is 18.9. The molecular weight excluding hydrogens is 260 g/mol. The quantitative estimate of drug-likeness (QED) is 0.511. The van der Waals surface area contributed by atoms with E-state index in [0.29, 0.717) is 22.6 Å². The molecule has 0 radical (unpaired) electrons. The highest BCUT2D eigenvalue weighted by molar-refractivity contribution is 5.73. The van der Waals surface area contributed by atoms with Gasteiger partial charge < -0.3 is 19.7 Å². The highest BCUT2D eigenvalue weighted by atomic mass is 16.5. The van der Waals surface area contributed by atoms with Crippen molar-refractivity contribution in [1.29, 1.82) is 0 Å². The fourth-order valence-electron chi connectivity index (χ4n) is 1.78. The molecule has 2 aromatic carbocycles. The van der Waals surface area contributed by atoms with Gasteiger partial charge >= 0.3 is 5.97 Å². The molecule has 0 aliphatic heterocycles. The summed E-state index contributed by atoms with van der Waals surface area (Å²) in [6.45, 7) is 1.31. The molecule has 20 heavy (non-hydrogen) atoms. The Bertz CT molecular complexity index is 649. The molecule has 0 bridgehead atoms. The van der Waals surface area contributed by atoms with Crippen LogP contribution in [0.15, 0.2) is 36.4 Å². The third kappa shape index (κ3) is 3.00. The van der Waals surface area contributed by atoms with Crippen molar-refractivity contribution in [2.45, 2.75) is 6.92 Å². The van der Waals surface area contributed by atoms with Crippen LogP contribution in [0.1, 0.15) is 6.92 Å². The van der Waals surface area contributed by atoms with E-state index in [-0.39, 0.29) is 11.5 Å². The molecule has 0 saturated carbocycles. The maximum atomic E-state index is 11.0. The highest BCUT2D eigenvalue weighted by Crippen LogP contribution is 2.34. The fourth-order valence-corrected chi connectivity index (χ4v) is 1.78. The number of methoxy groups -OCH3 is 1. The van der Waals surface area contributed by atoms with Crippen LogP contribution >= 0.6 is 0 Å². The molecule has 2 aromatic rings. The van der Waals surface area contributed by atoms with Gasteiger partial charge in [-0.3, -0.25) is 4.79 Å². The summed E-state index contributed by atoms with van der Waals surface area (Å²) >= 11 is 0. The minimum atomic E-state index is -0.433. The van der Waals surface area contributed by atoms with Gasteiger partial charge in [0.05, 0.1) is 7.11 Å². The summed E-state index contributed by atoms with van der Waals surface area (Å²) in [6.07, 6.45) is 0. The second-order valence-corrected chi connectivity index (χ2v) is 4.19. The number of carbonyl (C=O) groups excluding carboxylic acids is 1. The topological polar surface area (TPSA) is 76.0 Å². The molecule has 0 atom stereocenters. The first-order valence-corrected chi connectivity index (χ1v) is 5.89. The summed E-state index contributed by atoms with van der Waals surface area (Å²) in [5.74, 6) is 0.0136. The lowest BCUT2D eigenvalue weighted by Gasteiger charge is -2.09. The van der Waals surface area contributed by atoms with Gasteiger partial charge in [0.25, 0.3) is 0 Å². The van der Waals surface area contributed by atoms with Gasteiger partial charge in [0.2, 0.25) is 0 Å². The second kappa shape index (κ2) is 5.52. The predicted molar refractivity (Wildman–Crippen MR) is 73.1 cm³/mol. The Kier molecular flexibility index (Phi) is 3.79. The normalized spacial score (nSPS) is 10.1. The lowest BCUT2D eigenvalue weighted by molar-refractivity contribution is -0.131. The lowest BCUT2D eigenvalue weighted by Crippen LogP contribution is -2.01. The monoisotopic (exact) mass is 274 g/mol. The van der Waals surface area contributed by atoms with Crippen molar-refractivity contribution >= 4 is 5.97 Å². The van der Waals surface area contributed by atoms with Crippen molar-refractivity contribution in [3.8, 4) is 34.1 Å². The van der Waals surface area contributed by atoms with E-state index in [0.717, 1.165) is 0 Å². The van der Waals surface area contributed by atoms with E-state index in [1.54, 1.807) is 24.3 Å². The maximum Gasteiger partial charge on any atom is 0.308 e. The third-order valence-corrected chi connectivity index (χ3v) is 2.69. The van der Waals surface area contributed by atoms with Crippen LogP contribution in [0, 0.1) is 0 Å². The van der Waals surface area contributed by atoms with Gasteiger partial charge in [0, 0.05) is 13.0 Å². The molecule has 5 nitrogen and oxygen atoms in total. The molecular formula is C15H14O5. The third-order valence-electron chi connectivity index (χ3n) is 2.69. The Morgan fingerprint density at radius 3 is 2.25 bits per heavy atom. The molecule has 0 aromatic heterocycles. The smallest absolute Gasteiger partial charge is 0.308 e. The summed E-state index contributed by atoms with van der Waals surface area (Å²) < 4.78 is 10.2. The van der Waals surface area contributed by atoms with E-state index in [4.69, 9.17) is 9.47 Å². The molecule has 0 aliphatic rings. The number of aromatic hydroxyl groups is 2. The molecule has 0 saturated heterocycles. The maximum absolute atomic E-state index is 11.0. The standard InChI is InChI=1S/C15H14O5/c1-9(16)20-13-6-11(5-12(8-13)19-2)10-3-4-14(17)15(18)7-10/h3-8,17-18H,1-2H3. The van der Waals surface area contributed by atoms with Gasteiger partial charge in [0.1, 0.15) is 11.5 Å². The molecule has 2 rings (SSSR count). The van der Waals surface area contributed by atoms with Crippen molar-refractivity contribution in [2.24, 2.45) is 0 Å². The highest BCUT2D eigenvalue weighted by Gasteiger charge is 2.08. The second-order valence-electron chi connectivity index (χ2n) is 4.19. The van der Waals surface area contributed by atoms with E-state index in [9.17, 15) is 15.0 Å². The SMILES string of the molecule is COc1cc(OC(C)=O)cc(-c2ccc(O)c(O)c2)c1. The van der Waals surface area contributed by atoms with Crippen molar-refractivity contribution < 1.29 is 24.5 Å². The Morgan fingerprint density at radius 2 is 1.65 bits per heavy atom. The molecule has 2 N–H and O–H groups in total. The van der Waals surface area contributed by atoms with Crippen molar-refractivity contribution in [1.82, 2.24) is 0 Å². The van der Waals surface area contributed by atoms with Crippen molar-refractivity contribution in [3.05, 3.63) is 36.4 Å². The molecule has 0 amide bonds. The van der Waals surface area contributed by atoms with Gasteiger partial charge in [-0.25, -0.2) is 0 Å². The van der Waals surface area contributed by atoms with Crippen molar-refractivity contribution in [2.75, 3.05) is 7.11 Å². The number of hydrogen-bond donors (Lipinski definition) is 2. The van der Waals surface area contributed by atoms with E-state index in [1.165, 1.54) is 26.2 Å². The minimum Gasteiger partial charge on any atom is -0.504 e. The fraction of sp³-hybridized carbons (Fsp3) is 0.133. The number of phenols is 2. The van der Waals surface area contributed by atoms with Crippen LogP contribution in [0.5, 0.6) is 23.0 Å². The summed E-state index contributed by atoms with van der Waals surface area (Å²) in [5.41, 5.74) is 1.35. The first-order chi connectivity index (χ1) is 9.49. The predicted octanol–water partition coefficient (Wildman–Crippen LogP) is 2.70. The van der Waals surface area contributed by atoms with Crippen LogP contribution in [-0.2, 0) is 4.79 Å². The molecule has 0 fully saturated rings. The summed E-state index contributed by atoms with van der Waals surface area (Å²) in [6, 6.07) is 9.42. The van der Waals surface area contributed by atoms with Crippen LogP contribution in [0.4, 0.5) is 0 Å². The van der Waals surface area contributed by atoms with Crippen LogP contribution < -0.4 is 9.47 Å². The van der Waals surface area contributed by atoms with Gasteiger partial charge in [-0.1, -0.05) is 6.07 Å². The van der Waals surface area contributed by atoms with Gasteiger partial charge in [-0.2, -0.15) is 0 Å². The zero-order valence-electron chi connectivity index (χ0n) is 11.1. The molecule has 0 spiro atoms. The Balaban J connectivity index is 2.48. The Hall–Kier alpha value is -2.69. The van der Waals surface area contributed by atoms with E-state index >= 15 is 0 Å². The van der Waals surface area contributed by atoms with Crippen LogP contribution in [0.25, 0.3) is 11.1 Å². The number of ether oxygens (including phenoxy) is 2. The lowest BCUT2D eigenvalue weighted by atomic mass is 10.0. The van der Waals surface area contributed by atoms with E-state index in [1.807, 2.05) is 0 Å². The number of carbonyl (C=O) groups is 1. The zero-order valence-corrected chi connectivity index (χ0v) is 11.1. The summed E-state index contributed by atoms with van der Waals surface area (Å²) in [7, 11) is 1.50. The Morgan fingerprint density at radius 1 is 0.950 bits per heavy atom. The zero-order chi connectivity index (χ0) is 14.7. The van der Waals surface area contributed by atoms with Gasteiger partial charge in [0.15, 0.2) is 11.5 Å². The number of rotatable bonds is 3. The number of benzene rings is 2. The largest absolute Gasteiger partial charge is 0.504 e. The van der Waals surface area contributed by atoms with Crippen molar-refractivity contribution in [3.63, 3.8) is 0 Å².